The molecule has 2 aliphatic rings. The number of ether oxygens (including phenoxy) is 2. The second-order valence-corrected chi connectivity index (χ2v) is 6.74. The van der Waals surface area contributed by atoms with Crippen molar-refractivity contribution in [2.24, 2.45) is 0 Å². The molecule has 4 nitrogen and oxygen atoms in total. The molecular weight excluding hydrogens is 298 g/mol. The van der Waals surface area contributed by atoms with Gasteiger partial charge in [0.2, 0.25) is 6.79 Å². The summed E-state index contributed by atoms with van der Waals surface area (Å²) in [5.41, 5.74) is 2.12. The first-order valence-corrected chi connectivity index (χ1v) is 8.34. The largest absolute Gasteiger partial charge is 0.454 e. The van der Waals surface area contributed by atoms with Crippen LogP contribution in [0.3, 0.4) is 0 Å². The minimum atomic E-state index is 0.173. The summed E-state index contributed by atoms with van der Waals surface area (Å²) >= 11 is 1.57. The van der Waals surface area contributed by atoms with E-state index in [0.717, 1.165) is 58.3 Å². The van der Waals surface area contributed by atoms with Crippen LogP contribution >= 0.6 is 11.3 Å². The monoisotopic (exact) mass is 315 g/mol. The van der Waals surface area contributed by atoms with E-state index >= 15 is 0 Å². The summed E-state index contributed by atoms with van der Waals surface area (Å²) < 4.78 is 10.8. The van der Waals surface area contributed by atoms with Gasteiger partial charge in [0, 0.05) is 18.0 Å². The third-order valence-electron chi connectivity index (χ3n) is 4.16. The summed E-state index contributed by atoms with van der Waals surface area (Å²) in [7, 11) is 0. The summed E-state index contributed by atoms with van der Waals surface area (Å²) in [6.07, 6.45) is 2.23. The zero-order valence-corrected chi connectivity index (χ0v) is 13.2. The topological polar surface area (TPSA) is 38.8 Å². The first kappa shape index (κ1) is 13.6. The number of carbonyl (C=O) groups is 1. The number of hydrogen-bond donors (Lipinski definition) is 0. The molecule has 4 rings (SSSR count). The number of carbonyl (C=O) groups excluding carboxylic acids is 1. The molecule has 2 aliphatic heterocycles. The Labute approximate surface area is 133 Å². The molecule has 0 saturated carbocycles. The third kappa shape index (κ3) is 2.25. The molecule has 1 aromatic heterocycles. The molecule has 1 amide bonds. The fourth-order valence-corrected chi connectivity index (χ4v) is 4.09. The number of aryl methyl sites for hydroxylation is 1. The molecule has 1 aromatic carbocycles. The van der Waals surface area contributed by atoms with Crippen molar-refractivity contribution in [1.29, 1.82) is 0 Å². The van der Waals surface area contributed by atoms with Gasteiger partial charge in [0.25, 0.3) is 5.91 Å². The van der Waals surface area contributed by atoms with E-state index in [0.29, 0.717) is 0 Å². The molecule has 0 atom stereocenters. The van der Waals surface area contributed by atoms with Crippen LogP contribution in [-0.2, 0) is 0 Å². The van der Waals surface area contributed by atoms with Gasteiger partial charge >= 0.3 is 0 Å². The first-order valence-electron chi connectivity index (χ1n) is 7.52. The molecule has 0 radical (unpaired) electrons. The van der Waals surface area contributed by atoms with Crippen LogP contribution in [0.4, 0.5) is 0 Å². The Balaban J connectivity index is 1.66. The van der Waals surface area contributed by atoms with Crippen molar-refractivity contribution >= 4 is 17.2 Å². The summed E-state index contributed by atoms with van der Waals surface area (Å²) in [5.74, 6) is 1.73. The average molecular weight is 315 g/mol. The molecule has 5 heteroatoms. The average Bonchev–Trinajstić information content (AvgIpc) is 3.26. The number of fused-ring (bicyclic) bond motifs is 1. The first-order chi connectivity index (χ1) is 10.7. The van der Waals surface area contributed by atoms with Gasteiger partial charge in [-0.05, 0) is 55.2 Å². The van der Waals surface area contributed by atoms with Gasteiger partial charge in [-0.15, -0.1) is 11.3 Å². The Bertz CT molecular complexity index is 732. The number of thiophene rings is 1. The maximum atomic E-state index is 12.6. The van der Waals surface area contributed by atoms with Gasteiger partial charge in [-0.2, -0.15) is 0 Å². The highest BCUT2D eigenvalue weighted by atomic mass is 32.1. The molecule has 114 valence electrons. The fourth-order valence-electron chi connectivity index (χ4n) is 2.95. The van der Waals surface area contributed by atoms with Crippen LogP contribution in [0.1, 0.15) is 28.1 Å². The second-order valence-electron chi connectivity index (χ2n) is 5.69. The molecule has 0 N–H and O–H groups in total. The lowest BCUT2D eigenvalue weighted by Crippen LogP contribution is -2.27. The molecule has 0 aliphatic carbocycles. The fraction of sp³-hybridized carbons (Fsp3) is 0.353. The van der Waals surface area contributed by atoms with Crippen molar-refractivity contribution in [2.45, 2.75) is 19.8 Å². The zero-order chi connectivity index (χ0) is 15.1. The summed E-state index contributed by atoms with van der Waals surface area (Å²) in [4.78, 5) is 16.5. The van der Waals surface area contributed by atoms with E-state index in [-0.39, 0.29) is 12.7 Å². The number of benzene rings is 1. The van der Waals surface area contributed by atoms with Crippen molar-refractivity contribution in [1.82, 2.24) is 4.90 Å². The van der Waals surface area contributed by atoms with E-state index in [4.69, 9.17) is 9.47 Å². The quantitative estimate of drug-likeness (QED) is 0.848. The molecule has 3 heterocycles. The summed E-state index contributed by atoms with van der Waals surface area (Å²) in [6.45, 7) is 4.06. The Kier molecular flexibility index (Phi) is 3.30. The van der Waals surface area contributed by atoms with E-state index in [1.54, 1.807) is 11.3 Å². The lowest BCUT2D eigenvalue weighted by molar-refractivity contribution is 0.0797. The van der Waals surface area contributed by atoms with Crippen molar-refractivity contribution < 1.29 is 14.3 Å². The van der Waals surface area contributed by atoms with Gasteiger partial charge in [0.15, 0.2) is 11.5 Å². The number of likely N-dealkylation sites (tertiary alicyclic amines) is 1. The standard InChI is InChI=1S/C17H17NO3S/c1-11-8-15(12-4-5-13-14(9-12)21-10-20-13)22-16(11)17(19)18-6-2-3-7-18/h4-5,8-9H,2-3,6-7,10H2,1H3. The van der Waals surface area contributed by atoms with Crippen LogP contribution in [0, 0.1) is 6.92 Å². The molecule has 0 bridgehead atoms. The Morgan fingerprint density at radius 2 is 1.91 bits per heavy atom. The van der Waals surface area contributed by atoms with Crippen LogP contribution in [-0.4, -0.2) is 30.7 Å². The number of nitrogens with zero attached hydrogens (tertiary/aromatic N) is 1. The lowest BCUT2D eigenvalue weighted by Gasteiger charge is -2.14. The zero-order valence-electron chi connectivity index (χ0n) is 12.4. The van der Waals surface area contributed by atoms with Crippen LogP contribution in [0.15, 0.2) is 24.3 Å². The van der Waals surface area contributed by atoms with Gasteiger partial charge in [-0.25, -0.2) is 0 Å². The summed E-state index contributed by atoms with van der Waals surface area (Å²) in [6, 6.07) is 8.01. The van der Waals surface area contributed by atoms with Gasteiger partial charge in [0.1, 0.15) is 0 Å². The number of rotatable bonds is 2. The molecule has 0 unspecified atom stereocenters. The normalized spacial score (nSPS) is 16.3. The van der Waals surface area contributed by atoms with E-state index in [1.807, 2.05) is 30.0 Å². The van der Waals surface area contributed by atoms with E-state index in [1.165, 1.54) is 0 Å². The summed E-state index contributed by atoms with van der Waals surface area (Å²) in [5, 5.41) is 0. The van der Waals surface area contributed by atoms with Gasteiger partial charge in [-0.3, -0.25) is 4.79 Å². The lowest BCUT2D eigenvalue weighted by atomic mass is 10.1. The highest BCUT2D eigenvalue weighted by Crippen LogP contribution is 2.39. The van der Waals surface area contributed by atoms with Gasteiger partial charge < -0.3 is 14.4 Å². The maximum Gasteiger partial charge on any atom is 0.264 e. The van der Waals surface area contributed by atoms with Crippen molar-refractivity contribution in [3.8, 4) is 21.9 Å². The third-order valence-corrected chi connectivity index (χ3v) is 5.44. The minimum absolute atomic E-state index is 0.173. The Morgan fingerprint density at radius 3 is 2.73 bits per heavy atom. The van der Waals surface area contributed by atoms with Crippen LogP contribution in [0.25, 0.3) is 10.4 Å². The Hall–Kier alpha value is -2.01. The van der Waals surface area contributed by atoms with Crippen LogP contribution < -0.4 is 9.47 Å². The minimum Gasteiger partial charge on any atom is -0.454 e. The van der Waals surface area contributed by atoms with E-state index in [9.17, 15) is 4.79 Å². The molecule has 2 aromatic rings. The molecule has 1 fully saturated rings. The van der Waals surface area contributed by atoms with E-state index < -0.39 is 0 Å². The predicted octanol–water partition coefficient (Wildman–Crippen LogP) is 3.69. The van der Waals surface area contributed by atoms with Gasteiger partial charge in [-0.1, -0.05) is 0 Å². The molecular formula is C17H17NO3S. The predicted molar refractivity (Wildman–Crippen MR) is 85.8 cm³/mol. The highest BCUT2D eigenvalue weighted by molar-refractivity contribution is 7.17. The highest BCUT2D eigenvalue weighted by Gasteiger charge is 2.23. The van der Waals surface area contributed by atoms with Crippen molar-refractivity contribution in [2.75, 3.05) is 19.9 Å². The molecule has 0 spiro atoms. The van der Waals surface area contributed by atoms with E-state index in [2.05, 4.69) is 6.07 Å². The van der Waals surface area contributed by atoms with Gasteiger partial charge in [0.05, 0.1) is 4.88 Å². The SMILES string of the molecule is Cc1cc(-c2ccc3c(c2)OCO3)sc1C(=O)N1CCCC1. The van der Waals surface area contributed by atoms with Crippen molar-refractivity contribution in [3.63, 3.8) is 0 Å². The molecule has 1 saturated heterocycles. The van der Waals surface area contributed by atoms with Crippen LogP contribution in [0.5, 0.6) is 11.5 Å². The van der Waals surface area contributed by atoms with Crippen molar-refractivity contribution in [3.05, 3.63) is 34.7 Å². The molecule has 22 heavy (non-hydrogen) atoms. The Morgan fingerprint density at radius 1 is 1.14 bits per heavy atom. The maximum absolute atomic E-state index is 12.6. The van der Waals surface area contributed by atoms with Crippen LogP contribution in [0.2, 0.25) is 0 Å². The number of hydrogen-bond acceptors (Lipinski definition) is 4. The second kappa shape index (κ2) is 5.32. The number of amides is 1. The smallest absolute Gasteiger partial charge is 0.264 e.